The van der Waals surface area contributed by atoms with Crippen LogP contribution in [-0.4, -0.2) is 23.5 Å². The maximum Gasteiger partial charge on any atom is 0.128 e. The van der Waals surface area contributed by atoms with Crippen molar-refractivity contribution < 1.29 is 0 Å². The van der Waals surface area contributed by atoms with Crippen LogP contribution in [0.2, 0.25) is 0 Å². The highest BCUT2D eigenvalue weighted by Gasteiger charge is 2.07. The minimum absolute atomic E-state index is 0.884. The molecule has 0 unspecified atom stereocenters. The normalized spacial score (nSPS) is 14.6. The fourth-order valence-electron chi connectivity index (χ4n) is 1.89. The Morgan fingerprint density at radius 2 is 1.81 bits per heavy atom. The molecule has 0 saturated heterocycles. The number of benzene rings is 1. The maximum absolute atomic E-state index is 4.40. The summed E-state index contributed by atoms with van der Waals surface area (Å²) in [5.74, 6) is 1.01. The van der Waals surface area contributed by atoms with Gasteiger partial charge in [-0.1, -0.05) is 0 Å². The van der Waals surface area contributed by atoms with Gasteiger partial charge in [-0.25, -0.2) is 0 Å². The summed E-state index contributed by atoms with van der Waals surface area (Å²) >= 11 is 0. The first-order valence-electron chi connectivity index (χ1n) is 5.45. The van der Waals surface area contributed by atoms with Crippen LogP contribution in [0, 0.1) is 0 Å². The van der Waals surface area contributed by atoms with E-state index in [-0.39, 0.29) is 0 Å². The Labute approximate surface area is 94.4 Å². The average molecular weight is 211 g/mol. The van der Waals surface area contributed by atoms with Crippen LogP contribution < -0.4 is 5.32 Å². The third kappa shape index (κ3) is 1.60. The molecule has 0 bridgehead atoms. The number of hydrogen-bond donors (Lipinski definition) is 1. The van der Waals surface area contributed by atoms with Crippen LogP contribution in [0.4, 0.5) is 0 Å². The van der Waals surface area contributed by atoms with Crippen LogP contribution in [0.25, 0.3) is 5.69 Å². The lowest BCUT2D eigenvalue weighted by Crippen LogP contribution is -2.19. The Hall–Kier alpha value is -2.03. The van der Waals surface area contributed by atoms with Gasteiger partial charge in [-0.2, -0.15) is 0 Å². The third-order valence-electron chi connectivity index (χ3n) is 2.72. The summed E-state index contributed by atoms with van der Waals surface area (Å²) in [4.78, 5) is 4.40. The number of rotatable bonds is 2. The monoisotopic (exact) mass is 211 g/mol. The van der Waals surface area contributed by atoms with Crippen LogP contribution in [-0.2, 0) is 0 Å². The summed E-state index contributed by atoms with van der Waals surface area (Å²) in [6.45, 7) is 1.84. The van der Waals surface area contributed by atoms with Gasteiger partial charge in [-0.05, 0) is 36.4 Å². The van der Waals surface area contributed by atoms with Gasteiger partial charge in [0.1, 0.15) is 5.84 Å². The van der Waals surface area contributed by atoms with Crippen molar-refractivity contribution in [2.45, 2.75) is 0 Å². The van der Waals surface area contributed by atoms with Crippen LogP contribution in [0.5, 0.6) is 0 Å². The second-order valence-electron chi connectivity index (χ2n) is 3.79. The first kappa shape index (κ1) is 9.21. The third-order valence-corrected chi connectivity index (χ3v) is 2.72. The molecule has 16 heavy (non-hydrogen) atoms. The number of aliphatic imine (C=N–C) groups is 1. The van der Waals surface area contributed by atoms with Crippen molar-refractivity contribution in [3.63, 3.8) is 0 Å². The number of amidine groups is 1. The summed E-state index contributed by atoms with van der Waals surface area (Å²) in [5.41, 5.74) is 2.33. The van der Waals surface area contributed by atoms with Gasteiger partial charge in [0, 0.05) is 30.2 Å². The lowest BCUT2D eigenvalue weighted by atomic mass is 10.2. The van der Waals surface area contributed by atoms with E-state index in [1.807, 2.05) is 24.5 Å². The number of nitrogens with one attached hydrogen (secondary N) is 1. The Bertz CT molecular complexity index is 494. The first-order chi connectivity index (χ1) is 7.93. The van der Waals surface area contributed by atoms with Gasteiger partial charge >= 0.3 is 0 Å². The lowest BCUT2D eigenvalue weighted by molar-refractivity contribution is 0.960. The van der Waals surface area contributed by atoms with E-state index in [2.05, 4.69) is 39.1 Å². The molecule has 80 valence electrons. The van der Waals surface area contributed by atoms with Crippen molar-refractivity contribution in [1.82, 2.24) is 9.88 Å². The van der Waals surface area contributed by atoms with Crippen LogP contribution >= 0.6 is 0 Å². The summed E-state index contributed by atoms with van der Waals surface area (Å²) in [5, 5.41) is 3.27. The fraction of sp³-hybridized carbons (Fsp3) is 0.154. The van der Waals surface area contributed by atoms with Crippen LogP contribution in [0.3, 0.4) is 0 Å². The molecule has 1 N–H and O–H groups in total. The predicted octanol–water partition coefficient (Wildman–Crippen LogP) is 1.83. The number of aromatic nitrogens is 1. The standard InChI is InChI=1S/C13H13N3/c1-2-10-16(9-1)12-5-3-11(4-6-12)13-14-7-8-15-13/h1-6,9-10H,7-8H2,(H,14,15). The van der Waals surface area contributed by atoms with E-state index in [4.69, 9.17) is 0 Å². The van der Waals surface area contributed by atoms with Crippen molar-refractivity contribution in [2.24, 2.45) is 4.99 Å². The van der Waals surface area contributed by atoms with E-state index in [9.17, 15) is 0 Å². The predicted molar refractivity (Wildman–Crippen MR) is 65.2 cm³/mol. The quantitative estimate of drug-likeness (QED) is 0.806. The molecule has 0 radical (unpaired) electrons. The van der Waals surface area contributed by atoms with Crippen molar-refractivity contribution in [3.8, 4) is 5.69 Å². The lowest BCUT2D eigenvalue weighted by Gasteiger charge is -2.05. The number of nitrogens with zero attached hydrogens (tertiary/aromatic N) is 2. The van der Waals surface area contributed by atoms with Gasteiger partial charge in [0.2, 0.25) is 0 Å². The molecule has 3 rings (SSSR count). The van der Waals surface area contributed by atoms with E-state index in [0.717, 1.165) is 24.5 Å². The molecular formula is C13H13N3. The van der Waals surface area contributed by atoms with Crippen molar-refractivity contribution >= 4 is 5.84 Å². The molecule has 0 spiro atoms. The summed E-state index contributed by atoms with van der Waals surface area (Å²) in [6, 6.07) is 12.5. The van der Waals surface area contributed by atoms with Crippen molar-refractivity contribution in [3.05, 3.63) is 54.4 Å². The zero-order valence-electron chi connectivity index (χ0n) is 8.93. The van der Waals surface area contributed by atoms with Gasteiger partial charge in [0.25, 0.3) is 0 Å². The molecule has 3 heteroatoms. The van der Waals surface area contributed by atoms with Crippen molar-refractivity contribution in [1.29, 1.82) is 0 Å². The molecule has 1 aliphatic rings. The van der Waals surface area contributed by atoms with Gasteiger partial charge < -0.3 is 9.88 Å². The molecule has 1 aromatic carbocycles. The average Bonchev–Trinajstić information content (AvgIpc) is 3.03. The molecule has 2 heterocycles. The Morgan fingerprint density at radius 1 is 1.06 bits per heavy atom. The van der Waals surface area contributed by atoms with Gasteiger partial charge in [0.05, 0.1) is 6.54 Å². The molecule has 0 amide bonds. The molecule has 1 aromatic heterocycles. The zero-order chi connectivity index (χ0) is 10.8. The minimum Gasteiger partial charge on any atom is -0.368 e. The topological polar surface area (TPSA) is 29.3 Å². The smallest absolute Gasteiger partial charge is 0.128 e. The maximum atomic E-state index is 4.40. The second kappa shape index (κ2) is 3.85. The molecular weight excluding hydrogens is 198 g/mol. The zero-order valence-corrected chi connectivity index (χ0v) is 8.93. The summed E-state index contributed by atoms with van der Waals surface area (Å²) < 4.78 is 2.09. The van der Waals surface area contributed by atoms with Gasteiger partial charge in [-0.15, -0.1) is 0 Å². The molecule has 0 fully saturated rings. The largest absolute Gasteiger partial charge is 0.368 e. The van der Waals surface area contributed by atoms with E-state index < -0.39 is 0 Å². The van der Waals surface area contributed by atoms with E-state index in [0.29, 0.717) is 0 Å². The Kier molecular flexibility index (Phi) is 2.22. The highest BCUT2D eigenvalue weighted by molar-refractivity contribution is 5.99. The molecule has 0 saturated carbocycles. The summed E-state index contributed by atoms with van der Waals surface area (Å²) in [6.07, 6.45) is 4.08. The molecule has 2 aromatic rings. The molecule has 0 aliphatic carbocycles. The highest BCUT2D eigenvalue weighted by Crippen LogP contribution is 2.11. The number of hydrogen-bond acceptors (Lipinski definition) is 2. The fourth-order valence-corrected chi connectivity index (χ4v) is 1.89. The van der Waals surface area contributed by atoms with Crippen LogP contribution in [0.1, 0.15) is 5.56 Å². The second-order valence-corrected chi connectivity index (χ2v) is 3.79. The van der Waals surface area contributed by atoms with E-state index >= 15 is 0 Å². The SMILES string of the molecule is c1ccn(-c2ccc(C3=NCCN3)cc2)c1. The molecule has 0 atom stereocenters. The molecule has 3 nitrogen and oxygen atoms in total. The summed E-state index contributed by atoms with van der Waals surface area (Å²) in [7, 11) is 0. The van der Waals surface area contributed by atoms with Crippen molar-refractivity contribution in [2.75, 3.05) is 13.1 Å². The molecule has 1 aliphatic heterocycles. The minimum atomic E-state index is 0.884. The van der Waals surface area contributed by atoms with E-state index in [1.165, 1.54) is 5.69 Å². The van der Waals surface area contributed by atoms with Gasteiger partial charge in [-0.3, -0.25) is 4.99 Å². The first-order valence-corrected chi connectivity index (χ1v) is 5.45. The van der Waals surface area contributed by atoms with Gasteiger partial charge in [0.15, 0.2) is 0 Å². The van der Waals surface area contributed by atoms with E-state index in [1.54, 1.807) is 0 Å². The van der Waals surface area contributed by atoms with Crippen LogP contribution in [0.15, 0.2) is 53.8 Å². The highest BCUT2D eigenvalue weighted by atomic mass is 15.1. The Balaban J connectivity index is 1.90. The Morgan fingerprint density at radius 3 is 2.44 bits per heavy atom.